The lowest BCUT2D eigenvalue weighted by Crippen LogP contribution is -2.03. The van der Waals surface area contributed by atoms with Gasteiger partial charge < -0.3 is 0 Å². The Kier molecular flexibility index (Phi) is 5.46. The number of allylic oxidation sites excluding steroid dienone is 6. The van der Waals surface area contributed by atoms with Crippen LogP contribution >= 0.6 is 0 Å². The molecule has 7 nitrogen and oxygen atoms in total. The Morgan fingerprint density at radius 3 is 1.80 bits per heavy atom. The minimum Gasteiger partial charge on any atom is -0.288 e. The van der Waals surface area contributed by atoms with E-state index in [1.807, 2.05) is 0 Å². The Labute approximate surface area is 202 Å². The summed E-state index contributed by atoms with van der Waals surface area (Å²) in [6.07, 6.45) is 7.08. The molecule has 174 valence electrons. The quantitative estimate of drug-likeness (QED) is 0.495. The minimum atomic E-state index is -3.98. The summed E-state index contributed by atoms with van der Waals surface area (Å²) in [6, 6.07) is 15.3. The van der Waals surface area contributed by atoms with Gasteiger partial charge in [-0.25, -0.2) is 16.8 Å². The largest absolute Gasteiger partial charge is 0.288 e. The van der Waals surface area contributed by atoms with Crippen LogP contribution in [0.4, 0.5) is 0 Å². The van der Waals surface area contributed by atoms with Crippen LogP contribution in [0.25, 0.3) is 5.57 Å². The maximum atomic E-state index is 12.9. The number of aromatic nitrogens is 1. The molecule has 0 saturated carbocycles. The fraction of sp³-hybridized carbons (Fsp3) is 0.0385. The second kappa shape index (κ2) is 8.37. The van der Waals surface area contributed by atoms with E-state index in [2.05, 4.69) is 4.98 Å². The van der Waals surface area contributed by atoms with Crippen molar-refractivity contribution in [1.82, 2.24) is 4.98 Å². The number of nitrogens with zero attached hydrogens (tertiary/aromatic N) is 1. The molecular weight excluding hydrogens is 486 g/mol. The highest BCUT2D eigenvalue weighted by molar-refractivity contribution is 7.97. The highest BCUT2D eigenvalue weighted by Crippen LogP contribution is 2.36. The summed E-state index contributed by atoms with van der Waals surface area (Å²) in [5, 5.41) is 0. The van der Waals surface area contributed by atoms with Gasteiger partial charge in [0, 0.05) is 23.5 Å². The number of hydrogen-bond donors (Lipinski definition) is 0. The molecular formula is C26H17NO6S2. The predicted octanol–water partition coefficient (Wildman–Crippen LogP) is 3.96. The fourth-order valence-electron chi connectivity index (χ4n) is 4.12. The zero-order valence-electron chi connectivity index (χ0n) is 18.1. The molecule has 0 bridgehead atoms. The molecule has 0 saturated heterocycles. The van der Waals surface area contributed by atoms with Crippen LogP contribution in [0.1, 0.15) is 32.7 Å². The molecule has 0 fully saturated rings. The van der Waals surface area contributed by atoms with Crippen LogP contribution < -0.4 is 0 Å². The van der Waals surface area contributed by atoms with Gasteiger partial charge in [0.25, 0.3) is 0 Å². The van der Waals surface area contributed by atoms with Crippen LogP contribution in [-0.2, 0) is 19.7 Å². The van der Waals surface area contributed by atoms with Crippen LogP contribution in [0.5, 0.6) is 0 Å². The number of sulfone groups is 2. The van der Waals surface area contributed by atoms with Crippen LogP contribution in [0, 0.1) is 0 Å². The zero-order valence-corrected chi connectivity index (χ0v) is 19.7. The summed E-state index contributed by atoms with van der Waals surface area (Å²) in [5.41, 5.74) is 1.37. The van der Waals surface area contributed by atoms with Crippen molar-refractivity contribution in [3.8, 4) is 0 Å². The smallest absolute Gasteiger partial charge is 0.211 e. The first-order chi connectivity index (χ1) is 16.7. The van der Waals surface area contributed by atoms with Crippen LogP contribution in [0.2, 0.25) is 0 Å². The third-order valence-electron chi connectivity index (χ3n) is 5.86. The molecule has 0 unspecified atom stereocenters. The van der Waals surface area contributed by atoms with Gasteiger partial charge in [0.05, 0.1) is 9.79 Å². The Bertz CT molecular complexity index is 1710. The van der Waals surface area contributed by atoms with Crippen molar-refractivity contribution in [2.24, 2.45) is 0 Å². The van der Waals surface area contributed by atoms with E-state index < -0.39 is 31.2 Å². The molecule has 9 heteroatoms. The molecule has 0 N–H and O–H groups in total. The van der Waals surface area contributed by atoms with Gasteiger partial charge in [-0.2, -0.15) is 0 Å². The number of Topliss-reactive ketones (excluding diaryl/α,β-unsaturated/α-hetero) is 2. The second-order valence-corrected chi connectivity index (χ2v) is 11.7. The maximum Gasteiger partial charge on any atom is 0.211 e. The van der Waals surface area contributed by atoms with Crippen LogP contribution in [0.3, 0.4) is 0 Å². The molecule has 2 aliphatic heterocycles. The molecule has 0 atom stereocenters. The number of hydrogen-bond acceptors (Lipinski definition) is 7. The highest BCUT2D eigenvalue weighted by Gasteiger charge is 2.39. The first-order valence-corrected chi connectivity index (χ1v) is 13.5. The number of benzene rings is 2. The third-order valence-corrected chi connectivity index (χ3v) is 9.57. The van der Waals surface area contributed by atoms with Crippen LogP contribution in [-0.4, -0.2) is 33.4 Å². The summed E-state index contributed by atoms with van der Waals surface area (Å²) in [7, 11) is -7.94. The molecule has 5 rings (SSSR count). The Morgan fingerprint density at radius 2 is 1.23 bits per heavy atom. The Morgan fingerprint density at radius 1 is 0.714 bits per heavy atom. The van der Waals surface area contributed by atoms with Crippen molar-refractivity contribution < 1.29 is 26.4 Å². The van der Waals surface area contributed by atoms with Crippen molar-refractivity contribution >= 4 is 36.8 Å². The average Bonchev–Trinajstić information content (AvgIpc) is 3.18. The minimum absolute atomic E-state index is 0.00325. The second-order valence-electron chi connectivity index (χ2n) is 7.89. The Balaban J connectivity index is 1.57. The first kappa shape index (κ1) is 22.8. The highest BCUT2D eigenvalue weighted by atomic mass is 32.2. The molecule has 0 amide bonds. The first-order valence-electron chi connectivity index (χ1n) is 10.5. The normalized spacial score (nSPS) is 20.3. The molecule has 0 spiro atoms. The van der Waals surface area contributed by atoms with Crippen LogP contribution in [0.15, 0.2) is 111 Å². The standard InChI is InChI=1S/C26H17NO6S2/c28-25-19-5-1-3-7-21(19)34(30,31)23(25)11-9-17(18-13-15-27-16-14-18)10-12-24-26(29)20-6-2-4-8-22(20)35(24,32)33/h1-9,11-16H,10H2. The summed E-state index contributed by atoms with van der Waals surface area (Å²) in [5.74, 6) is -1.19. The van der Waals surface area contributed by atoms with E-state index in [-0.39, 0.29) is 37.1 Å². The predicted molar refractivity (Wildman–Crippen MR) is 129 cm³/mol. The number of ketones is 2. The van der Waals surface area contributed by atoms with E-state index in [1.54, 1.807) is 36.4 Å². The molecule has 2 aliphatic rings. The summed E-state index contributed by atoms with van der Waals surface area (Å²) in [4.78, 5) is 28.7. The number of pyridine rings is 1. The average molecular weight is 504 g/mol. The van der Waals surface area contributed by atoms with E-state index in [0.717, 1.165) is 0 Å². The topological polar surface area (TPSA) is 115 Å². The van der Waals surface area contributed by atoms with Gasteiger partial charge in [0.1, 0.15) is 9.81 Å². The van der Waals surface area contributed by atoms with Gasteiger partial charge in [-0.05, 0) is 60.0 Å². The third kappa shape index (κ3) is 3.69. The monoisotopic (exact) mass is 503 g/mol. The van der Waals surface area contributed by atoms with Crippen molar-refractivity contribution in [3.63, 3.8) is 0 Å². The van der Waals surface area contributed by atoms with E-state index >= 15 is 0 Å². The number of fused-ring (bicyclic) bond motifs is 2. The molecule has 0 radical (unpaired) electrons. The van der Waals surface area contributed by atoms with E-state index in [1.165, 1.54) is 54.9 Å². The Hall–Kier alpha value is -3.95. The number of carbonyl (C=O) groups excluding carboxylic acids is 2. The van der Waals surface area contributed by atoms with Crippen molar-refractivity contribution in [3.05, 3.63) is 118 Å². The summed E-state index contributed by atoms with van der Waals surface area (Å²) in [6.45, 7) is 0. The van der Waals surface area contributed by atoms with Crippen molar-refractivity contribution in [1.29, 1.82) is 0 Å². The van der Waals surface area contributed by atoms with Crippen molar-refractivity contribution in [2.75, 3.05) is 0 Å². The maximum absolute atomic E-state index is 12.9. The lowest BCUT2D eigenvalue weighted by molar-refractivity contribution is 0.103. The molecule has 35 heavy (non-hydrogen) atoms. The molecule has 3 heterocycles. The summed E-state index contributed by atoms with van der Waals surface area (Å²) >= 11 is 0. The summed E-state index contributed by atoms with van der Waals surface area (Å²) < 4.78 is 51.6. The van der Waals surface area contributed by atoms with Gasteiger partial charge in [-0.1, -0.05) is 36.4 Å². The number of carbonyl (C=O) groups is 2. The lowest BCUT2D eigenvalue weighted by Gasteiger charge is -2.05. The van der Waals surface area contributed by atoms with E-state index in [4.69, 9.17) is 0 Å². The van der Waals surface area contributed by atoms with Gasteiger partial charge in [-0.15, -0.1) is 0 Å². The van der Waals surface area contributed by atoms with Gasteiger partial charge in [0.15, 0.2) is 0 Å². The molecule has 3 aromatic rings. The van der Waals surface area contributed by atoms with E-state index in [9.17, 15) is 26.4 Å². The number of rotatable bonds is 4. The fourth-order valence-corrected chi connectivity index (χ4v) is 7.27. The van der Waals surface area contributed by atoms with Gasteiger partial charge in [-0.3, -0.25) is 14.6 Å². The van der Waals surface area contributed by atoms with E-state index in [0.29, 0.717) is 11.1 Å². The molecule has 1 aromatic heterocycles. The van der Waals surface area contributed by atoms with Gasteiger partial charge >= 0.3 is 0 Å². The van der Waals surface area contributed by atoms with Crippen molar-refractivity contribution in [2.45, 2.75) is 16.2 Å². The lowest BCUT2D eigenvalue weighted by atomic mass is 10.0. The molecule has 2 aromatic carbocycles. The zero-order chi connectivity index (χ0) is 24.8. The van der Waals surface area contributed by atoms with Gasteiger partial charge in [0.2, 0.25) is 31.2 Å². The SMILES string of the molecule is O=C1C(=CC=C(CC=C2C(=O)c3ccccc3S2(=O)=O)c2ccncc2)S(=O)(=O)c2ccccc21. The molecule has 0 aliphatic carbocycles.